The molecular formula is C25H27F3N4O3S. The van der Waals surface area contributed by atoms with Crippen LogP contribution in [0.4, 0.5) is 13.2 Å². The highest BCUT2D eigenvalue weighted by molar-refractivity contribution is 7.19. The number of hydrogen-bond acceptors (Lipinski definition) is 5. The number of halogens is 3. The van der Waals surface area contributed by atoms with Gasteiger partial charge in [-0.3, -0.25) is 19.0 Å². The number of nitrogens with zero attached hydrogens (tertiary/aromatic N) is 3. The first-order valence-corrected chi connectivity index (χ1v) is 12.2. The molecular weight excluding hydrogens is 493 g/mol. The molecule has 0 saturated carbocycles. The van der Waals surface area contributed by atoms with Gasteiger partial charge in [-0.2, -0.15) is 18.3 Å². The molecule has 0 aliphatic carbocycles. The number of nitrogens with one attached hydrogen (secondary N) is 1. The molecule has 0 amide bonds. The molecule has 1 unspecified atom stereocenters. The zero-order valence-electron chi connectivity index (χ0n) is 20.5. The first-order chi connectivity index (χ1) is 16.8. The molecule has 4 rings (SSSR count). The Morgan fingerprint density at radius 3 is 2.47 bits per heavy atom. The molecule has 192 valence electrons. The number of thiophene rings is 1. The third-order valence-corrected chi connectivity index (χ3v) is 7.42. The van der Waals surface area contributed by atoms with E-state index in [1.54, 1.807) is 10.6 Å². The molecule has 0 spiro atoms. The van der Waals surface area contributed by atoms with Crippen molar-refractivity contribution in [1.29, 1.82) is 0 Å². The highest BCUT2D eigenvalue weighted by atomic mass is 32.1. The molecule has 3 heterocycles. The summed E-state index contributed by atoms with van der Waals surface area (Å²) in [6.45, 7) is 8.01. The Bertz CT molecular complexity index is 1540. The van der Waals surface area contributed by atoms with E-state index in [2.05, 4.69) is 10.2 Å². The van der Waals surface area contributed by atoms with Crippen molar-refractivity contribution in [3.8, 4) is 11.1 Å². The van der Waals surface area contributed by atoms with Crippen LogP contribution >= 0.6 is 11.3 Å². The van der Waals surface area contributed by atoms with Crippen LogP contribution in [-0.2, 0) is 20.0 Å². The van der Waals surface area contributed by atoms with E-state index < -0.39 is 23.5 Å². The molecule has 0 aliphatic heterocycles. The number of benzene rings is 1. The van der Waals surface area contributed by atoms with Crippen LogP contribution < -0.4 is 11.2 Å². The van der Waals surface area contributed by atoms with E-state index in [0.29, 0.717) is 28.9 Å². The average molecular weight is 521 g/mol. The lowest BCUT2D eigenvalue weighted by Gasteiger charge is -2.16. The van der Waals surface area contributed by atoms with E-state index in [4.69, 9.17) is 0 Å². The fraction of sp³-hybridized carbons (Fsp3) is 0.400. The molecule has 11 heteroatoms. The number of aryl methyl sites for hydroxylation is 2. The van der Waals surface area contributed by atoms with Crippen LogP contribution in [0.1, 0.15) is 47.3 Å². The highest BCUT2D eigenvalue weighted by Gasteiger charge is 2.39. The monoisotopic (exact) mass is 520 g/mol. The lowest BCUT2D eigenvalue weighted by Crippen LogP contribution is -2.38. The molecule has 2 N–H and O–H groups in total. The third-order valence-electron chi connectivity index (χ3n) is 6.21. The summed E-state index contributed by atoms with van der Waals surface area (Å²) in [6, 6.07) is 5.50. The Morgan fingerprint density at radius 2 is 1.89 bits per heavy atom. The highest BCUT2D eigenvalue weighted by Crippen LogP contribution is 2.41. The maximum absolute atomic E-state index is 13.4. The van der Waals surface area contributed by atoms with Crippen molar-refractivity contribution in [2.75, 3.05) is 0 Å². The second-order valence-electron chi connectivity index (χ2n) is 9.39. The van der Waals surface area contributed by atoms with Gasteiger partial charge in [0.15, 0.2) is 6.10 Å². The SMILES string of the molecule is Cc1n[nH]c(C)c1Cc1sc2c(c1-c1cccc(C(O)C(F)(F)F)c1)c(=O)n(C)c(=O)n2CC(C)C. The van der Waals surface area contributed by atoms with Crippen molar-refractivity contribution in [3.63, 3.8) is 0 Å². The van der Waals surface area contributed by atoms with Gasteiger partial charge in [0, 0.05) is 41.7 Å². The Kier molecular flexibility index (Phi) is 6.74. The van der Waals surface area contributed by atoms with Crippen LogP contribution in [-0.4, -0.2) is 30.6 Å². The van der Waals surface area contributed by atoms with Crippen molar-refractivity contribution in [3.05, 3.63) is 72.5 Å². The standard InChI is InChI=1S/C25H27F3N4O3S/c1-12(2)11-32-23-20(22(34)31(5)24(32)35)19(18(36-23)10-17-13(3)29-30-14(17)4)15-7-6-8-16(9-15)21(33)25(26,27)28/h6-9,12,21,33H,10-11H2,1-5H3,(H,29,30). The minimum Gasteiger partial charge on any atom is -0.379 e. The summed E-state index contributed by atoms with van der Waals surface area (Å²) < 4.78 is 42.4. The second-order valence-corrected chi connectivity index (χ2v) is 10.5. The summed E-state index contributed by atoms with van der Waals surface area (Å²) in [5.41, 5.74) is 2.05. The average Bonchev–Trinajstić information content (AvgIpc) is 3.34. The van der Waals surface area contributed by atoms with Gasteiger partial charge in [-0.25, -0.2) is 4.79 Å². The first-order valence-electron chi connectivity index (χ1n) is 11.4. The molecule has 3 aromatic heterocycles. The van der Waals surface area contributed by atoms with E-state index in [0.717, 1.165) is 26.4 Å². The van der Waals surface area contributed by atoms with Gasteiger partial charge in [0.25, 0.3) is 5.56 Å². The number of H-pyrrole nitrogens is 1. The summed E-state index contributed by atoms with van der Waals surface area (Å²) in [5, 5.41) is 17.3. The summed E-state index contributed by atoms with van der Waals surface area (Å²) in [4.78, 5) is 27.6. The van der Waals surface area contributed by atoms with Crippen LogP contribution in [0.3, 0.4) is 0 Å². The Hall–Kier alpha value is -3.18. The number of hydrogen-bond donors (Lipinski definition) is 2. The molecule has 0 fully saturated rings. The van der Waals surface area contributed by atoms with Crippen LogP contribution in [0.15, 0.2) is 33.9 Å². The molecule has 0 saturated heterocycles. The van der Waals surface area contributed by atoms with Crippen molar-refractivity contribution in [2.45, 2.75) is 52.9 Å². The molecule has 4 aromatic rings. The van der Waals surface area contributed by atoms with Crippen LogP contribution in [0, 0.1) is 19.8 Å². The largest absolute Gasteiger partial charge is 0.418 e. The van der Waals surface area contributed by atoms with E-state index >= 15 is 0 Å². The number of rotatable bonds is 6. The Morgan fingerprint density at radius 1 is 1.19 bits per heavy atom. The molecule has 0 radical (unpaired) electrons. The van der Waals surface area contributed by atoms with E-state index in [1.165, 1.54) is 36.6 Å². The zero-order valence-corrected chi connectivity index (χ0v) is 21.3. The maximum atomic E-state index is 13.4. The van der Waals surface area contributed by atoms with Crippen molar-refractivity contribution in [1.82, 2.24) is 19.3 Å². The quantitative estimate of drug-likeness (QED) is 0.388. The third kappa shape index (κ3) is 4.53. The number of aromatic nitrogens is 4. The maximum Gasteiger partial charge on any atom is 0.418 e. The van der Waals surface area contributed by atoms with Crippen LogP contribution in [0.5, 0.6) is 0 Å². The predicted molar refractivity (Wildman–Crippen MR) is 133 cm³/mol. The number of aromatic amines is 1. The summed E-state index contributed by atoms with van der Waals surface area (Å²) >= 11 is 1.28. The summed E-state index contributed by atoms with van der Waals surface area (Å²) in [5.74, 6) is 0.112. The van der Waals surface area contributed by atoms with Crippen LogP contribution in [0.2, 0.25) is 0 Å². The number of alkyl halides is 3. The predicted octanol–water partition coefficient (Wildman–Crippen LogP) is 4.61. The number of aliphatic hydroxyl groups excluding tert-OH is 1. The smallest absolute Gasteiger partial charge is 0.379 e. The van der Waals surface area contributed by atoms with Gasteiger partial charge in [0.1, 0.15) is 4.83 Å². The molecule has 0 bridgehead atoms. The molecule has 1 atom stereocenters. The number of fused-ring (bicyclic) bond motifs is 1. The van der Waals surface area contributed by atoms with E-state index in [1.807, 2.05) is 27.7 Å². The first kappa shape index (κ1) is 25.9. The van der Waals surface area contributed by atoms with Crippen LogP contribution in [0.25, 0.3) is 21.3 Å². The molecule has 36 heavy (non-hydrogen) atoms. The van der Waals surface area contributed by atoms with Crippen molar-refractivity contribution in [2.24, 2.45) is 13.0 Å². The number of aliphatic hydroxyl groups is 1. The summed E-state index contributed by atoms with van der Waals surface area (Å²) in [7, 11) is 1.40. The van der Waals surface area contributed by atoms with Gasteiger partial charge in [-0.15, -0.1) is 11.3 Å². The van der Waals surface area contributed by atoms with Gasteiger partial charge in [-0.05, 0) is 37.0 Å². The molecule has 1 aromatic carbocycles. The minimum absolute atomic E-state index is 0.112. The fourth-order valence-corrected chi connectivity index (χ4v) is 5.71. The van der Waals surface area contributed by atoms with Gasteiger partial charge >= 0.3 is 11.9 Å². The van der Waals surface area contributed by atoms with Crippen molar-refractivity contribution >= 4 is 21.6 Å². The molecule has 0 aliphatic rings. The zero-order chi connectivity index (χ0) is 26.5. The van der Waals surface area contributed by atoms with Gasteiger partial charge < -0.3 is 5.11 Å². The normalized spacial score (nSPS) is 13.2. The Balaban J connectivity index is 2.07. The lowest BCUT2D eigenvalue weighted by molar-refractivity contribution is -0.206. The molecule has 7 nitrogen and oxygen atoms in total. The van der Waals surface area contributed by atoms with Gasteiger partial charge in [0.05, 0.1) is 11.1 Å². The summed E-state index contributed by atoms with van der Waals surface area (Å²) in [6.07, 6.45) is -7.13. The topological polar surface area (TPSA) is 92.9 Å². The van der Waals surface area contributed by atoms with Gasteiger partial charge in [0.2, 0.25) is 0 Å². The second kappa shape index (κ2) is 9.36. The van der Waals surface area contributed by atoms with Crippen molar-refractivity contribution < 1.29 is 18.3 Å². The minimum atomic E-state index is -4.84. The Labute approximate surface area is 208 Å². The van der Waals surface area contributed by atoms with Gasteiger partial charge in [-0.1, -0.05) is 32.0 Å². The lowest BCUT2D eigenvalue weighted by atomic mass is 9.96. The fourth-order valence-electron chi connectivity index (χ4n) is 4.38. The van der Waals surface area contributed by atoms with E-state index in [-0.39, 0.29) is 16.9 Å². The van der Waals surface area contributed by atoms with E-state index in [9.17, 15) is 27.9 Å².